The fourth-order valence-corrected chi connectivity index (χ4v) is 0. The van der Waals surface area contributed by atoms with Crippen molar-refractivity contribution in [2.24, 2.45) is 0 Å². The van der Waals surface area contributed by atoms with Crippen LogP contribution >= 0.6 is 0 Å². The molecule has 0 spiro atoms. The summed E-state index contributed by atoms with van der Waals surface area (Å²) in [6.07, 6.45) is 0.833. The third kappa shape index (κ3) is 77.0. The highest BCUT2D eigenvalue weighted by atomic mass is 19.6. The van der Waals surface area contributed by atoms with E-state index in [0.717, 1.165) is 6.08 Å². The monoisotopic (exact) mass is 126 g/mol. The second-order valence-electron chi connectivity index (χ2n) is 0.601. The van der Waals surface area contributed by atoms with Crippen molar-refractivity contribution in [3.8, 4) is 0 Å². The van der Waals surface area contributed by atoms with Crippen LogP contribution in [-0.2, 0) is 9.94 Å². The van der Waals surface area contributed by atoms with Gasteiger partial charge in [-0.3, -0.25) is 0 Å². The summed E-state index contributed by atoms with van der Waals surface area (Å²) in [7, 11) is 0. The molecule has 0 aliphatic carbocycles. The van der Waals surface area contributed by atoms with Crippen LogP contribution in [0.2, 0.25) is 0 Å². The fourth-order valence-electron chi connectivity index (χ4n) is 0. The number of carbonyl (C=O) groups is 1. The maximum absolute atomic E-state index is 9.25. The third-order valence-electron chi connectivity index (χ3n) is 0.175. The van der Waals surface area contributed by atoms with Crippen LogP contribution in [0.3, 0.4) is 0 Å². The lowest BCUT2D eigenvalue weighted by Gasteiger charge is -1.64. The lowest BCUT2D eigenvalue weighted by Crippen LogP contribution is -1.82. The number of halogens is 2. The van der Waals surface area contributed by atoms with Crippen molar-refractivity contribution >= 4 is 5.97 Å². The van der Waals surface area contributed by atoms with Crippen LogP contribution in [-0.4, -0.2) is 11.1 Å². The highest BCUT2D eigenvalue weighted by Gasteiger charge is 1.73. The highest BCUT2D eigenvalue weighted by Crippen LogP contribution is 1.61. The number of carboxylic acids is 1. The van der Waals surface area contributed by atoms with Gasteiger partial charge in [0.1, 0.15) is 0 Å². The van der Waals surface area contributed by atoms with E-state index in [-0.39, 0.29) is 0 Å². The van der Waals surface area contributed by atoms with E-state index in [2.05, 4.69) is 6.58 Å². The molecule has 8 heavy (non-hydrogen) atoms. The predicted molar refractivity (Wildman–Crippen MR) is 21.1 cm³/mol. The largest absolute Gasteiger partial charge is 0.478 e. The first kappa shape index (κ1) is 10.1. The zero-order valence-electron chi connectivity index (χ0n) is 3.80. The first-order chi connectivity index (χ1) is 3.68. The van der Waals surface area contributed by atoms with Gasteiger partial charge in [0.25, 0.3) is 0 Å². The lowest BCUT2D eigenvalue weighted by atomic mass is 10.7. The smallest absolute Gasteiger partial charge is 0.327 e. The average molecular weight is 126 g/mol. The van der Waals surface area contributed by atoms with Gasteiger partial charge in [-0.15, -0.1) is 0 Å². The maximum Gasteiger partial charge on any atom is 0.327 e. The van der Waals surface area contributed by atoms with Crippen LogP contribution in [0, 0.1) is 0 Å². The van der Waals surface area contributed by atoms with E-state index < -0.39 is 5.97 Å². The van der Waals surface area contributed by atoms with Gasteiger partial charge >= 0.3 is 5.97 Å². The van der Waals surface area contributed by atoms with Crippen molar-refractivity contribution in [1.82, 2.24) is 0 Å². The second-order valence-corrected chi connectivity index (χ2v) is 0.601. The molecule has 0 bridgehead atoms. The first-order valence-electron chi connectivity index (χ1n) is 1.43. The van der Waals surface area contributed by atoms with Gasteiger partial charge in [0, 0.05) is 11.2 Å². The van der Waals surface area contributed by atoms with Gasteiger partial charge in [0.05, 0.1) is 0 Å². The Morgan fingerprint density at radius 2 is 1.88 bits per heavy atom. The molecule has 0 aromatic heterocycles. The minimum atomic E-state index is -0.981. The summed E-state index contributed by atoms with van der Waals surface area (Å²) in [5, 5.41) is 8.85. The summed E-state index contributed by atoms with van der Waals surface area (Å²) in [5.74, 6) is -0.981. The molecule has 0 rings (SSSR count). The molecule has 0 aliphatic rings. The van der Waals surface area contributed by atoms with Crippen LogP contribution in [0.1, 0.15) is 0 Å². The van der Waals surface area contributed by atoms with Gasteiger partial charge in [-0.2, -0.15) is 0 Å². The molecule has 5 heteroatoms. The topological polar surface area (TPSA) is 46.5 Å². The molecular formula is C3H4F2O3. The van der Waals surface area contributed by atoms with Gasteiger partial charge in [0.2, 0.25) is 0 Å². The van der Waals surface area contributed by atoms with Crippen LogP contribution in [0.4, 0.5) is 9.05 Å². The minimum absolute atomic E-state index is 0.833. The summed E-state index contributed by atoms with van der Waals surface area (Å²) >= 11 is 0. The van der Waals surface area contributed by atoms with Crippen molar-refractivity contribution in [3.63, 3.8) is 0 Å². The van der Waals surface area contributed by atoms with E-state index in [1.807, 2.05) is 0 Å². The summed E-state index contributed by atoms with van der Waals surface area (Å²) in [6, 6.07) is 0. The third-order valence-corrected chi connectivity index (χ3v) is 0.175. The standard InChI is InChI=1S/C3H4O2.F2O/c1-2-3(4)5;1-3-2/h2H,1H2,(H,4,5);. The van der Waals surface area contributed by atoms with Crippen molar-refractivity contribution < 1.29 is 24.1 Å². The zero-order valence-corrected chi connectivity index (χ0v) is 3.80. The Labute approximate surface area is 44.0 Å². The van der Waals surface area contributed by atoms with E-state index >= 15 is 0 Å². The molecular weight excluding hydrogens is 122 g/mol. The molecule has 0 aliphatic heterocycles. The van der Waals surface area contributed by atoms with Crippen LogP contribution in [0.5, 0.6) is 0 Å². The average Bonchev–Trinajstić information content (AvgIpc) is 1.69. The normalized spacial score (nSPS) is 6.25. The van der Waals surface area contributed by atoms with Crippen molar-refractivity contribution in [2.45, 2.75) is 0 Å². The summed E-state index contributed by atoms with van der Waals surface area (Å²) in [5.41, 5.74) is 0. The zero-order chi connectivity index (χ0) is 6.99. The highest BCUT2D eigenvalue weighted by molar-refractivity contribution is 5.78. The summed E-state index contributed by atoms with van der Waals surface area (Å²) in [6.45, 7) is 2.96. The predicted octanol–water partition coefficient (Wildman–Crippen LogP) is 1.03. The Bertz CT molecular complexity index is 72.9. The van der Waals surface area contributed by atoms with Gasteiger partial charge < -0.3 is 5.11 Å². The minimum Gasteiger partial charge on any atom is -0.478 e. The molecule has 0 heterocycles. The van der Waals surface area contributed by atoms with Gasteiger partial charge in [-0.05, 0) is 9.05 Å². The molecule has 0 fully saturated rings. The molecule has 0 aromatic carbocycles. The lowest BCUT2D eigenvalue weighted by molar-refractivity contribution is -0.317. The van der Waals surface area contributed by atoms with E-state index in [1.165, 1.54) is 5.15 Å². The first-order valence-corrected chi connectivity index (χ1v) is 1.43. The molecule has 1 N–H and O–H groups in total. The molecule has 0 atom stereocenters. The molecule has 0 saturated carbocycles. The fraction of sp³-hybridized carbons (Fsp3) is 0. The molecule has 0 radical (unpaired) electrons. The van der Waals surface area contributed by atoms with E-state index in [4.69, 9.17) is 14.2 Å². The maximum atomic E-state index is 9.25. The van der Waals surface area contributed by atoms with Crippen LogP contribution in [0.15, 0.2) is 12.7 Å². The molecule has 48 valence electrons. The Balaban J connectivity index is 0. The SMILES string of the molecule is C=CC(=O)O.FOF. The van der Waals surface area contributed by atoms with Crippen LogP contribution in [0.25, 0.3) is 0 Å². The van der Waals surface area contributed by atoms with Crippen LogP contribution < -0.4 is 0 Å². The van der Waals surface area contributed by atoms with Crippen molar-refractivity contribution in [1.29, 1.82) is 0 Å². The summed E-state index contributed by atoms with van der Waals surface area (Å²) in [4.78, 5) is 9.25. The van der Waals surface area contributed by atoms with Gasteiger partial charge in [-0.1, -0.05) is 6.58 Å². The molecule has 0 saturated heterocycles. The number of hydrogen-bond acceptors (Lipinski definition) is 2. The Hall–Kier alpha value is -0.970. The van der Waals surface area contributed by atoms with Crippen molar-refractivity contribution in [2.75, 3.05) is 0 Å². The Morgan fingerprint density at radius 1 is 1.75 bits per heavy atom. The number of hydrogen-bond donors (Lipinski definition) is 1. The molecule has 0 aromatic rings. The molecule has 0 amide bonds. The quantitative estimate of drug-likeness (QED) is 0.533. The number of carboxylic acid groups (broad SMARTS) is 1. The Morgan fingerprint density at radius 3 is 1.88 bits per heavy atom. The van der Waals surface area contributed by atoms with Crippen molar-refractivity contribution in [3.05, 3.63) is 12.7 Å². The summed E-state index contributed by atoms with van der Waals surface area (Å²) < 4.78 is 18.2. The Kier molecular flexibility index (Phi) is 11.9. The molecule has 0 unspecified atom stereocenters. The van der Waals surface area contributed by atoms with E-state index in [9.17, 15) is 4.79 Å². The van der Waals surface area contributed by atoms with E-state index in [1.54, 1.807) is 0 Å². The second kappa shape index (κ2) is 9.39. The molecule has 3 nitrogen and oxygen atoms in total. The van der Waals surface area contributed by atoms with E-state index in [0.29, 0.717) is 0 Å². The number of aliphatic carboxylic acids is 1. The number of rotatable bonds is 1. The van der Waals surface area contributed by atoms with Gasteiger partial charge in [-0.25, -0.2) is 4.79 Å². The van der Waals surface area contributed by atoms with Gasteiger partial charge in [0.15, 0.2) is 0 Å².